The summed E-state index contributed by atoms with van der Waals surface area (Å²) in [6, 6.07) is 1.55. The van der Waals surface area contributed by atoms with Crippen LogP contribution in [0.25, 0.3) is 0 Å². The minimum Gasteiger partial charge on any atom is -0.509 e. The zero-order chi connectivity index (χ0) is 11.4. The Bertz CT molecular complexity index is 296. The topological polar surface area (TPSA) is 70.3 Å². The van der Waals surface area contributed by atoms with Gasteiger partial charge in [-0.1, -0.05) is 0 Å². The van der Waals surface area contributed by atoms with Gasteiger partial charge in [-0.05, 0) is 20.8 Å². The highest BCUT2D eigenvalue weighted by Gasteiger charge is 2.22. The lowest BCUT2D eigenvalue weighted by Gasteiger charge is -2.19. The fourth-order valence-corrected chi connectivity index (χ4v) is 0.758. The highest BCUT2D eigenvalue weighted by molar-refractivity contribution is 6.19. The summed E-state index contributed by atoms with van der Waals surface area (Å²) in [5.41, 5.74) is -1.15. The zero-order valence-corrected chi connectivity index (χ0v) is 9.05. The maximum atomic E-state index is 11.3. The van der Waals surface area contributed by atoms with Crippen LogP contribution in [0.2, 0.25) is 0 Å². The third-order valence-corrected chi connectivity index (χ3v) is 1.38. The molecule has 0 heterocycles. The van der Waals surface area contributed by atoms with Gasteiger partial charge in [0, 0.05) is 0 Å². The Morgan fingerprint density at radius 2 is 2.07 bits per heavy atom. The van der Waals surface area contributed by atoms with Gasteiger partial charge in [-0.2, -0.15) is 5.26 Å². The molecule has 14 heavy (non-hydrogen) atoms. The maximum Gasteiger partial charge on any atom is 0.352 e. The van der Waals surface area contributed by atoms with Crippen molar-refractivity contribution in [1.29, 1.82) is 5.26 Å². The molecule has 0 saturated heterocycles. The number of allylic oxidation sites excluding steroid dienone is 1. The molecule has 78 valence electrons. The first-order valence-electron chi connectivity index (χ1n) is 3.93. The predicted molar refractivity (Wildman–Crippen MR) is 51.8 cm³/mol. The van der Waals surface area contributed by atoms with Crippen LogP contribution in [-0.4, -0.2) is 22.6 Å². The summed E-state index contributed by atoms with van der Waals surface area (Å²) >= 11 is 5.27. The second kappa shape index (κ2) is 4.87. The van der Waals surface area contributed by atoms with E-state index in [0.29, 0.717) is 0 Å². The van der Waals surface area contributed by atoms with Crippen LogP contribution in [0, 0.1) is 11.3 Å². The van der Waals surface area contributed by atoms with Gasteiger partial charge in [0.05, 0.1) is 5.88 Å². The van der Waals surface area contributed by atoms with Crippen LogP contribution >= 0.6 is 11.6 Å². The van der Waals surface area contributed by atoms with Gasteiger partial charge < -0.3 is 9.84 Å². The van der Waals surface area contributed by atoms with Crippen molar-refractivity contribution in [2.24, 2.45) is 0 Å². The molecule has 0 saturated carbocycles. The minimum absolute atomic E-state index is 0.290. The first kappa shape index (κ1) is 12.8. The first-order chi connectivity index (χ1) is 6.31. The molecule has 0 aliphatic heterocycles. The van der Waals surface area contributed by atoms with Gasteiger partial charge in [0.25, 0.3) is 0 Å². The lowest BCUT2D eigenvalue weighted by molar-refractivity contribution is -0.149. The number of alkyl halides is 1. The van der Waals surface area contributed by atoms with E-state index in [1.807, 2.05) is 0 Å². The normalized spacial score (nSPS) is 12.8. The molecule has 0 aromatic rings. The average molecular weight is 218 g/mol. The standard InChI is InChI=1S/C9H12ClNO3/c1-9(2,3)14-8(13)6(5-11)7(12)4-10/h12H,4H2,1-3H3. The smallest absolute Gasteiger partial charge is 0.352 e. The number of carbonyl (C=O) groups is 1. The number of hydrogen-bond acceptors (Lipinski definition) is 4. The van der Waals surface area contributed by atoms with E-state index < -0.39 is 22.9 Å². The summed E-state index contributed by atoms with van der Waals surface area (Å²) < 4.78 is 4.88. The second-order valence-electron chi connectivity index (χ2n) is 3.57. The molecule has 0 fully saturated rings. The largest absolute Gasteiger partial charge is 0.509 e. The first-order valence-corrected chi connectivity index (χ1v) is 4.46. The third-order valence-electron chi connectivity index (χ3n) is 1.13. The fraction of sp³-hybridized carbons (Fsp3) is 0.556. The van der Waals surface area contributed by atoms with Crippen molar-refractivity contribution in [2.75, 3.05) is 5.88 Å². The molecule has 0 rings (SSSR count). The number of hydrogen-bond donors (Lipinski definition) is 1. The molecule has 0 atom stereocenters. The molecule has 0 aliphatic carbocycles. The number of ether oxygens (including phenoxy) is 1. The van der Waals surface area contributed by atoms with Crippen molar-refractivity contribution in [3.8, 4) is 6.07 Å². The van der Waals surface area contributed by atoms with Crippen molar-refractivity contribution >= 4 is 17.6 Å². The van der Waals surface area contributed by atoms with Crippen molar-refractivity contribution < 1.29 is 14.6 Å². The quantitative estimate of drug-likeness (QED) is 0.252. The van der Waals surface area contributed by atoms with Crippen LogP contribution < -0.4 is 0 Å². The maximum absolute atomic E-state index is 11.3. The average Bonchev–Trinajstić information content (AvgIpc) is 2.01. The Hall–Kier alpha value is -1.21. The summed E-state index contributed by atoms with van der Waals surface area (Å²) in [7, 11) is 0. The van der Waals surface area contributed by atoms with Crippen LogP contribution in [0.3, 0.4) is 0 Å². The number of halogens is 1. The van der Waals surface area contributed by atoms with E-state index in [9.17, 15) is 4.79 Å². The summed E-state index contributed by atoms with van der Waals surface area (Å²) in [6.07, 6.45) is 0. The monoisotopic (exact) mass is 217 g/mol. The van der Waals surface area contributed by atoms with Crippen LogP contribution in [0.4, 0.5) is 0 Å². The number of rotatable bonds is 2. The van der Waals surface area contributed by atoms with Crippen molar-refractivity contribution in [3.05, 3.63) is 11.3 Å². The molecule has 0 amide bonds. The predicted octanol–water partition coefficient (Wildman–Crippen LogP) is 1.90. The van der Waals surface area contributed by atoms with E-state index in [0.717, 1.165) is 0 Å². The molecule has 0 unspecified atom stereocenters. The van der Waals surface area contributed by atoms with E-state index in [2.05, 4.69) is 0 Å². The van der Waals surface area contributed by atoms with E-state index in [1.54, 1.807) is 26.8 Å². The molecule has 5 heteroatoms. The number of aliphatic hydroxyl groups is 1. The summed E-state index contributed by atoms with van der Waals surface area (Å²) in [5, 5.41) is 17.7. The number of carbonyl (C=O) groups excluding carboxylic acids is 1. The molecule has 1 N–H and O–H groups in total. The van der Waals surface area contributed by atoms with E-state index in [1.165, 1.54) is 0 Å². The summed E-state index contributed by atoms with van der Waals surface area (Å²) in [6.45, 7) is 4.99. The van der Waals surface area contributed by atoms with Crippen molar-refractivity contribution in [3.63, 3.8) is 0 Å². The highest BCUT2D eigenvalue weighted by Crippen LogP contribution is 2.12. The lowest BCUT2D eigenvalue weighted by atomic mass is 10.2. The third kappa shape index (κ3) is 4.15. The highest BCUT2D eigenvalue weighted by atomic mass is 35.5. The molecule has 0 radical (unpaired) electrons. The molecule has 0 aromatic heterocycles. The number of nitriles is 1. The van der Waals surface area contributed by atoms with Gasteiger partial charge in [-0.3, -0.25) is 0 Å². The fourth-order valence-electron chi connectivity index (χ4n) is 0.624. The summed E-state index contributed by atoms with van der Waals surface area (Å²) in [5.74, 6) is -1.62. The molecule has 0 aromatic carbocycles. The molecule has 4 nitrogen and oxygen atoms in total. The Morgan fingerprint density at radius 3 is 2.36 bits per heavy atom. The summed E-state index contributed by atoms with van der Waals surface area (Å²) in [4.78, 5) is 11.3. The second-order valence-corrected chi connectivity index (χ2v) is 3.84. The van der Waals surface area contributed by atoms with Crippen LogP contribution in [0.5, 0.6) is 0 Å². The SMILES string of the molecule is CC(C)(C)OC(=O)C(C#N)=C(O)CCl. The van der Waals surface area contributed by atoms with Gasteiger partial charge in [-0.15, -0.1) is 11.6 Å². The Morgan fingerprint density at radius 1 is 1.57 bits per heavy atom. The van der Waals surface area contributed by atoms with Crippen molar-refractivity contribution in [2.45, 2.75) is 26.4 Å². The van der Waals surface area contributed by atoms with Crippen LogP contribution in [-0.2, 0) is 9.53 Å². The van der Waals surface area contributed by atoms with Gasteiger partial charge in [0.1, 0.15) is 17.4 Å². The zero-order valence-electron chi connectivity index (χ0n) is 8.30. The number of aliphatic hydroxyl groups excluding tert-OH is 1. The Kier molecular flexibility index (Phi) is 4.45. The molecular formula is C9H12ClNO3. The van der Waals surface area contributed by atoms with Gasteiger partial charge in [0.15, 0.2) is 5.57 Å². The molecular weight excluding hydrogens is 206 g/mol. The Labute approximate surface area is 87.7 Å². The van der Waals surface area contributed by atoms with Gasteiger partial charge in [0.2, 0.25) is 0 Å². The van der Waals surface area contributed by atoms with E-state index >= 15 is 0 Å². The lowest BCUT2D eigenvalue weighted by Crippen LogP contribution is -2.25. The van der Waals surface area contributed by atoms with Crippen LogP contribution in [0.1, 0.15) is 20.8 Å². The van der Waals surface area contributed by atoms with Crippen LogP contribution in [0.15, 0.2) is 11.3 Å². The number of nitrogens with zero attached hydrogens (tertiary/aromatic N) is 1. The molecule has 0 spiro atoms. The minimum atomic E-state index is -0.863. The van der Waals surface area contributed by atoms with Gasteiger partial charge in [-0.25, -0.2) is 4.79 Å². The molecule has 0 bridgehead atoms. The van der Waals surface area contributed by atoms with Crippen molar-refractivity contribution in [1.82, 2.24) is 0 Å². The van der Waals surface area contributed by atoms with E-state index in [4.69, 9.17) is 26.7 Å². The van der Waals surface area contributed by atoms with E-state index in [-0.39, 0.29) is 5.88 Å². The molecule has 0 aliphatic rings. The Balaban J connectivity index is 4.78. The van der Waals surface area contributed by atoms with Gasteiger partial charge >= 0.3 is 5.97 Å². The number of esters is 1.